The van der Waals surface area contributed by atoms with E-state index in [-0.39, 0.29) is 13.0 Å². The molecule has 0 aromatic heterocycles. The van der Waals surface area contributed by atoms with Crippen molar-refractivity contribution in [1.82, 2.24) is 5.32 Å². The van der Waals surface area contributed by atoms with E-state index in [1.807, 2.05) is 32.9 Å². The normalized spacial score (nSPS) is 12.0. The van der Waals surface area contributed by atoms with Crippen LogP contribution in [-0.4, -0.2) is 18.8 Å². The van der Waals surface area contributed by atoms with Crippen LogP contribution in [0.15, 0.2) is 16.6 Å². The van der Waals surface area contributed by atoms with Gasteiger partial charge in [-0.05, 0) is 31.0 Å². The number of hydrogen-bond acceptors (Lipinski definition) is 2. The molecule has 0 amide bonds. The van der Waals surface area contributed by atoms with Crippen molar-refractivity contribution in [2.75, 3.05) is 6.61 Å². The molecule has 0 radical (unpaired) electrons. The fourth-order valence-corrected chi connectivity index (χ4v) is 2.52. The molecular weight excluding hydrogens is 347 g/mol. The average molecular weight is 368 g/mol. The second kappa shape index (κ2) is 8.03. The van der Waals surface area contributed by atoms with Crippen molar-refractivity contribution in [3.8, 4) is 5.75 Å². The molecule has 1 N–H and O–H groups in total. The second-order valence-electron chi connectivity index (χ2n) is 5.31. The fraction of sp³-hybridized carbons (Fsp3) is 0.600. The van der Waals surface area contributed by atoms with Crippen molar-refractivity contribution in [3.05, 3.63) is 27.7 Å². The Morgan fingerprint density at radius 2 is 1.95 bits per heavy atom. The third-order valence-corrected chi connectivity index (χ3v) is 3.33. The summed E-state index contributed by atoms with van der Waals surface area (Å²) in [6, 6.07) is 4.15. The predicted molar refractivity (Wildman–Crippen MR) is 81.6 cm³/mol. The molecule has 2 nitrogen and oxygen atoms in total. The summed E-state index contributed by atoms with van der Waals surface area (Å²) in [7, 11) is 0. The Morgan fingerprint density at radius 3 is 2.52 bits per heavy atom. The first kappa shape index (κ1) is 18.3. The summed E-state index contributed by atoms with van der Waals surface area (Å²) in [5, 5.41) is 3.29. The number of benzene rings is 1. The summed E-state index contributed by atoms with van der Waals surface area (Å²) < 4.78 is 42.9. The summed E-state index contributed by atoms with van der Waals surface area (Å²) in [6.45, 7) is 6.65. The molecule has 21 heavy (non-hydrogen) atoms. The molecule has 0 spiro atoms. The molecule has 0 unspecified atom stereocenters. The van der Waals surface area contributed by atoms with Crippen LogP contribution in [0.2, 0.25) is 0 Å². The van der Waals surface area contributed by atoms with E-state index in [1.165, 1.54) is 0 Å². The quantitative estimate of drug-likeness (QED) is 0.686. The maximum absolute atomic E-state index is 12.1. The van der Waals surface area contributed by atoms with Gasteiger partial charge < -0.3 is 10.1 Å². The van der Waals surface area contributed by atoms with E-state index in [0.29, 0.717) is 18.3 Å². The largest absolute Gasteiger partial charge is 0.493 e. The lowest BCUT2D eigenvalue weighted by atomic mass is 10.1. The summed E-state index contributed by atoms with van der Waals surface area (Å²) in [5.74, 6) is 0.675. The van der Waals surface area contributed by atoms with Crippen molar-refractivity contribution in [1.29, 1.82) is 0 Å². The Morgan fingerprint density at radius 1 is 1.29 bits per heavy atom. The van der Waals surface area contributed by atoms with Crippen molar-refractivity contribution in [2.24, 2.45) is 0 Å². The second-order valence-corrected chi connectivity index (χ2v) is 6.23. The highest BCUT2D eigenvalue weighted by atomic mass is 79.9. The number of ether oxygens (including phenoxy) is 1. The van der Waals surface area contributed by atoms with Crippen LogP contribution in [0.25, 0.3) is 0 Å². The molecule has 0 saturated carbocycles. The zero-order valence-electron chi connectivity index (χ0n) is 12.5. The maximum Gasteiger partial charge on any atom is 0.389 e. The summed E-state index contributed by atoms with van der Waals surface area (Å²) in [4.78, 5) is 0. The molecule has 6 heteroatoms. The number of aryl methyl sites for hydroxylation is 1. The van der Waals surface area contributed by atoms with E-state index in [1.54, 1.807) is 0 Å². The van der Waals surface area contributed by atoms with Gasteiger partial charge in [0.2, 0.25) is 0 Å². The molecule has 1 rings (SSSR count). The first-order chi connectivity index (χ1) is 9.69. The first-order valence-corrected chi connectivity index (χ1v) is 7.70. The van der Waals surface area contributed by atoms with Crippen LogP contribution in [-0.2, 0) is 6.54 Å². The molecule has 0 saturated heterocycles. The van der Waals surface area contributed by atoms with Gasteiger partial charge in [-0.2, -0.15) is 13.2 Å². The Hall–Kier alpha value is -0.750. The van der Waals surface area contributed by atoms with Crippen molar-refractivity contribution >= 4 is 15.9 Å². The Labute approximate surface area is 132 Å². The van der Waals surface area contributed by atoms with Gasteiger partial charge in [0.25, 0.3) is 0 Å². The van der Waals surface area contributed by atoms with Gasteiger partial charge in [-0.25, -0.2) is 0 Å². The standard InChI is InChI=1S/C15H21BrF3NO/c1-10(2)20-9-12-8-13(16)7-11(3)14(12)21-6-4-5-15(17,18)19/h7-8,10,20H,4-6,9H2,1-3H3. The lowest BCUT2D eigenvalue weighted by Gasteiger charge is -2.17. The van der Waals surface area contributed by atoms with Gasteiger partial charge in [-0.3, -0.25) is 0 Å². The van der Waals surface area contributed by atoms with Gasteiger partial charge in [0.1, 0.15) is 5.75 Å². The SMILES string of the molecule is Cc1cc(Br)cc(CNC(C)C)c1OCCCC(F)(F)F. The molecule has 120 valence electrons. The number of halogens is 4. The smallest absolute Gasteiger partial charge is 0.389 e. The summed E-state index contributed by atoms with van der Waals surface area (Å²) >= 11 is 3.43. The first-order valence-electron chi connectivity index (χ1n) is 6.91. The highest BCUT2D eigenvalue weighted by Crippen LogP contribution is 2.29. The van der Waals surface area contributed by atoms with Crippen LogP contribution in [0.5, 0.6) is 5.75 Å². The van der Waals surface area contributed by atoms with Crippen LogP contribution in [0, 0.1) is 6.92 Å². The Kier molecular flexibility index (Phi) is 7.00. The molecule has 0 bridgehead atoms. The average Bonchev–Trinajstić information content (AvgIpc) is 2.32. The third kappa shape index (κ3) is 7.18. The lowest BCUT2D eigenvalue weighted by molar-refractivity contribution is -0.136. The van der Waals surface area contributed by atoms with Crippen molar-refractivity contribution in [3.63, 3.8) is 0 Å². The zero-order valence-corrected chi connectivity index (χ0v) is 14.1. The van der Waals surface area contributed by atoms with Crippen LogP contribution < -0.4 is 10.1 Å². The molecule has 0 aliphatic carbocycles. The molecule has 0 heterocycles. The van der Waals surface area contributed by atoms with Crippen LogP contribution in [0.1, 0.15) is 37.8 Å². The topological polar surface area (TPSA) is 21.3 Å². The van der Waals surface area contributed by atoms with Gasteiger partial charge in [-0.15, -0.1) is 0 Å². The molecule has 1 aromatic rings. The lowest BCUT2D eigenvalue weighted by Crippen LogP contribution is -2.22. The van der Waals surface area contributed by atoms with Crippen LogP contribution in [0.3, 0.4) is 0 Å². The van der Waals surface area contributed by atoms with Gasteiger partial charge in [-0.1, -0.05) is 29.8 Å². The fourth-order valence-electron chi connectivity index (χ4n) is 1.90. The van der Waals surface area contributed by atoms with E-state index < -0.39 is 12.6 Å². The van der Waals surface area contributed by atoms with Crippen LogP contribution >= 0.6 is 15.9 Å². The van der Waals surface area contributed by atoms with E-state index in [4.69, 9.17) is 4.74 Å². The number of nitrogens with one attached hydrogen (secondary N) is 1. The highest BCUT2D eigenvalue weighted by Gasteiger charge is 2.26. The number of rotatable bonds is 7. The minimum atomic E-state index is -4.12. The van der Waals surface area contributed by atoms with E-state index in [9.17, 15) is 13.2 Å². The molecule has 0 fully saturated rings. The molecule has 0 atom stereocenters. The van der Waals surface area contributed by atoms with Gasteiger partial charge in [0, 0.05) is 29.0 Å². The maximum atomic E-state index is 12.1. The Balaban J connectivity index is 2.70. The predicted octanol–water partition coefficient (Wildman–Crippen LogP) is 4.98. The zero-order chi connectivity index (χ0) is 16.0. The Bertz CT molecular complexity index is 461. The summed E-state index contributed by atoms with van der Waals surface area (Å²) in [6.07, 6.45) is -4.97. The summed E-state index contributed by atoms with van der Waals surface area (Å²) in [5.41, 5.74) is 1.86. The van der Waals surface area contributed by atoms with E-state index in [2.05, 4.69) is 21.2 Å². The van der Waals surface area contributed by atoms with Gasteiger partial charge in [0.15, 0.2) is 0 Å². The molecular formula is C15H21BrF3NO. The highest BCUT2D eigenvalue weighted by molar-refractivity contribution is 9.10. The van der Waals surface area contributed by atoms with Gasteiger partial charge in [0.05, 0.1) is 6.61 Å². The van der Waals surface area contributed by atoms with Gasteiger partial charge >= 0.3 is 6.18 Å². The van der Waals surface area contributed by atoms with Crippen LogP contribution in [0.4, 0.5) is 13.2 Å². The minimum Gasteiger partial charge on any atom is -0.493 e. The van der Waals surface area contributed by atoms with E-state index >= 15 is 0 Å². The number of hydrogen-bond donors (Lipinski definition) is 1. The van der Waals surface area contributed by atoms with E-state index in [0.717, 1.165) is 15.6 Å². The molecule has 0 aliphatic heterocycles. The number of alkyl halides is 3. The van der Waals surface area contributed by atoms with Crippen molar-refractivity contribution < 1.29 is 17.9 Å². The monoisotopic (exact) mass is 367 g/mol. The third-order valence-electron chi connectivity index (χ3n) is 2.87. The minimum absolute atomic E-state index is 0.0317. The molecule has 1 aromatic carbocycles. The van der Waals surface area contributed by atoms with Crippen molar-refractivity contribution in [2.45, 2.75) is 52.4 Å². The molecule has 0 aliphatic rings.